The standard InChI is InChI=1S/C18H21FN4O/c1-13(24)20-11-14-3-2-10-23(12-14)18-9-8-17(21-22-18)15-4-6-16(19)7-5-15/h4-9,14H,2-3,10-12H2,1H3,(H,20,24). The minimum atomic E-state index is -0.262. The third kappa shape index (κ3) is 4.07. The fourth-order valence-corrected chi connectivity index (χ4v) is 3.00. The molecule has 0 bridgehead atoms. The monoisotopic (exact) mass is 328 g/mol. The Balaban J connectivity index is 1.66. The summed E-state index contributed by atoms with van der Waals surface area (Å²) < 4.78 is 13.0. The molecule has 0 aliphatic carbocycles. The van der Waals surface area contributed by atoms with Gasteiger partial charge in [0.25, 0.3) is 0 Å². The second-order valence-corrected chi connectivity index (χ2v) is 6.18. The molecule has 3 rings (SSSR count). The molecule has 1 saturated heterocycles. The number of halogens is 1. The fraction of sp³-hybridized carbons (Fsp3) is 0.389. The van der Waals surface area contributed by atoms with Gasteiger partial charge in [-0.1, -0.05) is 0 Å². The van der Waals surface area contributed by atoms with E-state index in [2.05, 4.69) is 20.4 Å². The summed E-state index contributed by atoms with van der Waals surface area (Å²) in [6.45, 7) is 4.05. The van der Waals surface area contributed by atoms with Crippen LogP contribution in [0.4, 0.5) is 10.2 Å². The lowest BCUT2D eigenvalue weighted by Gasteiger charge is -2.33. The van der Waals surface area contributed by atoms with Crippen molar-refractivity contribution in [2.75, 3.05) is 24.5 Å². The molecule has 126 valence electrons. The van der Waals surface area contributed by atoms with E-state index in [9.17, 15) is 9.18 Å². The first-order chi connectivity index (χ1) is 11.6. The molecule has 1 amide bonds. The van der Waals surface area contributed by atoms with E-state index < -0.39 is 0 Å². The Labute approximate surface area is 140 Å². The number of piperidine rings is 1. The molecule has 1 aliphatic heterocycles. The van der Waals surface area contributed by atoms with Gasteiger partial charge in [-0.3, -0.25) is 4.79 Å². The van der Waals surface area contributed by atoms with Crippen LogP contribution >= 0.6 is 0 Å². The minimum Gasteiger partial charge on any atom is -0.356 e. The van der Waals surface area contributed by atoms with Crippen LogP contribution in [0.15, 0.2) is 36.4 Å². The van der Waals surface area contributed by atoms with Gasteiger partial charge in [0.2, 0.25) is 5.91 Å². The van der Waals surface area contributed by atoms with Crippen LogP contribution < -0.4 is 10.2 Å². The maximum Gasteiger partial charge on any atom is 0.216 e. The van der Waals surface area contributed by atoms with Gasteiger partial charge in [-0.05, 0) is 55.2 Å². The van der Waals surface area contributed by atoms with Crippen LogP contribution in [0, 0.1) is 11.7 Å². The van der Waals surface area contributed by atoms with E-state index >= 15 is 0 Å². The number of anilines is 1. The van der Waals surface area contributed by atoms with Crippen molar-refractivity contribution in [3.05, 3.63) is 42.2 Å². The van der Waals surface area contributed by atoms with Crippen molar-refractivity contribution >= 4 is 11.7 Å². The van der Waals surface area contributed by atoms with Crippen LogP contribution in [0.1, 0.15) is 19.8 Å². The Kier molecular flexibility index (Phi) is 5.03. The molecule has 1 unspecified atom stereocenters. The summed E-state index contributed by atoms with van der Waals surface area (Å²) in [7, 11) is 0. The first-order valence-electron chi connectivity index (χ1n) is 8.21. The molecule has 0 radical (unpaired) electrons. The molecule has 1 aromatic heterocycles. The Morgan fingerprint density at radius 1 is 1.25 bits per heavy atom. The minimum absolute atomic E-state index is 0.00978. The highest BCUT2D eigenvalue weighted by molar-refractivity contribution is 5.72. The van der Waals surface area contributed by atoms with Crippen LogP contribution in [-0.4, -0.2) is 35.7 Å². The maximum atomic E-state index is 13.0. The number of hydrogen-bond acceptors (Lipinski definition) is 4. The number of rotatable bonds is 4. The van der Waals surface area contributed by atoms with Crippen molar-refractivity contribution in [1.82, 2.24) is 15.5 Å². The van der Waals surface area contributed by atoms with Crippen LogP contribution in [-0.2, 0) is 4.79 Å². The van der Waals surface area contributed by atoms with Gasteiger partial charge < -0.3 is 10.2 Å². The zero-order valence-corrected chi connectivity index (χ0v) is 13.7. The fourth-order valence-electron chi connectivity index (χ4n) is 3.00. The maximum absolute atomic E-state index is 13.0. The third-order valence-electron chi connectivity index (χ3n) is 4.27. The number of carbonyl (C=O) groups is 1. The molecular weight excluding hydrogens is 307 g/mol. The number of nitrogens with zero attached hydrogens (tertiary/aromatic N) is 3. The molecule has 1 aliphatic rings. The summed E-state index contributed by atoms with van der Waals surface area (Å²) in [6, 6.07) is 10.1. The second kappa shape index (κ2) is 7.38. The largest absolute Gasteiger partial charge is 0.356 e. The Hall–Kier alpha value is -2.50. The zero-order valence-electron chi connectivity index (χ0n) is 13.7. The second-order valence-electron chi connectivity index (χ2n) is 6.18. The van der Waals surface area contributed by atoms with Gasteiger partial charge in [-0.2, -0.15) is 0 Å². The van der Waals surface area contributed by atoms with Crippen molar-refractivity contribution < 1.29 is 9.18 Å². The third-order valence-corrected chi connectivity index (χ3v) is 4.27. The Bertz CT molecular complexity index is 687. The lowest BCUT2D eigenvalue weighted by Crippen LogP contribution is -2.41. The summed E-state index contributed by atoms with van der Waals surface area (Å²) >= 11 is 0. The van der Waals surface area contributed by atoms with Crippen molar-refractivity contribution in [3.8, 4) is 11.3 Å². The molecular formula is C18H21FN4O. The highest BCUT2D eigenvalue weighted by Gasteiger charge is 2.21. The van der Waals surface area contributed by atoms with Gasteiger partial charge in [0.15, 0.2) is 5.82 Å². The first kappa shape index (κ1) is 16.4. The van der Waals surface area contributed by atoms with Gasteiger partial charge in [0.05, 0.1) is 5.69 Å². The SMILES string of the molecule is CC(=O)NCC1CCCN(c2ccc(-c3ccc(F)cc3)nn2)C1. The molecule has 2 aromatic rings. The van der Waals surface area contributed by atoms with E-state index in [1.165, 1.54) is 12.1 Å². The highest BCUT2D eigenvalue weighted by atomic mass is 19.1. The molecule has 1 aromatic carbocycles. The lowest BCUT2D eigenvalue weighted by molar-refractivity contribution is -0.119. The van der Waals surface area contributed by atoms with Crippen molar-refractivity contribution in [2.24, 2.45) is 5.92 Å². The topological polar surface area (TPSA) is 58.1 Å². The summed E-state index contributed by atoms with van der Waals surface area (Å²) in [6.07, 6.45) is 2.18. The van der Waals surface area contributed by atoms with E-state index in [1.54, 1.807) is 19.1 Å². The van der Waals surface area contributed by atoms with E-state index in [4.69, 9.17) is 0 Å². The summed E-state index contributed by atoms with van der Waals surface area (Å²) in [5, 5.41) is 11.5. The molecule has 0 spiro atoms. The Morgan fingerprint density at radius 2 is 2.04 bits per heavy atom. The highest BCUT2D eigenvalue weighted by Crippen LogP contribution is 2.23. The molecule has 0 saturated carbocycles. The van der Waals surface area contributed by atoms with Crippen molar-refractivity contribution in [1.29, 1.82) is 0 Å². The van der Waals surface area contributed by atoms with Gasteiger partial charge in [0, 0.05) is 32.1 Å². The summed E-state index contributed by atoms with van der Waals surface area (Å²) in [5.41, 5.74) is 1.57. The van der Waals surface area contributed by atoms with E-state index in [0.717, 1.165) is 43.0 Å². The molecule has 2 heterocycles. The predicted molar refractivity (Wildman–Crippen MR) is 91.0 cm³/mol. The lowest BCUT2D eigenvalue weighted by atomic mass is 9.98. The van der Waals surface area contributed by atoms with E-state index in [1.807, 2.05) is 12.1 Å². The predicted octanol–water partition coefficient (Wildman–Crippen LogP) is 2.64. The quantitative estimate of drug-likeness (QED) is 0.937. The molecule has 24 heavy (non-hydrogen) atoms. The van der Waals surface area contributed by atoms with Crippen molar-refractivity contribution in [2.45, 2.75) is 19.8 Å². The smallest absolute Gasteiger partial charge is 0.216 e. The van der Waals surface area contributed by atoms with Crippen LogP contribution in [0.3, 0.4) is 0 Å². The molecule has 5 nitrogen and oxygen atoms in total. The van der Waals surface area contributed by atoms with Crippen LogP contribution in [0.25, 0.3) is 11.3 Å². The Morgan fingerprint density at radius 3 is 2.71 bits per heavy atom. The number of carbonyl (C=O) groups excluding carboxylic acids is 1. The van der Waals surface area contributed by atoms with Gasteiger partial charge in [-0.15, -0.1) is 10.2 Å². The van der Waals surface area contributed by atoms with Crippen molar-refractivity contribution in [3.63, 3.8) is 0 Å². The average molecular weight is 328 g/mol. The zero-order chi connectivity index (χ0) is 16.9. The molecule has 6 heteroatoms. The van der Waals surface area contributed by atoms with Crippen LogP contribution in [0.2, 0.25) is 0 Å². The van der Waals surface area contributed by atoms with Gasteiger partial charge in [-0.25, -0.2) is 4.39 Å². The first-order valence-corrected chi connectivity index (χ1v) is 8.21. The number of benzene rings is 1. The number of amides is 1. The summed E-state index contributed by atoms with van der Waals surface area (Å²) in [4.78, 5) is 13.3. The molecule has 1 N–H and O–H groups in total. The average Bonchev–Trinajstić information content (AvgIpc) is 2.61. The van der Waals surface area contributed by atoms with Crippen LogP contribution in [0.5, 0.6) is 0 Å². The van der Waals surface area contributed by atoms with E-state index in [-0.39, 0.29) is 11.7 Å². The molecule has 1 atom stereocenters. The number of aromatic nitrogens is 2. The normalized spacial score (nSPS) is 17.6. The summed E-state index contributed by atoms with van der Waals surface area (Å²) in [5.74, 6) is 1.02. The molecule has 1 fully saturated rings. The van der Waals surface area contributed by atoms with Gasteiger partial charge >= 0.3 is 0 Å². The van der Waals surface area contributed by atoms with E-state index in [0.29, 0.717) is 12.5 Å². The van der Waals surface area contributed by atoms with Gasteiger partial charge in [0.1, 0.15) is 5.82 Å². The number of nitrogens with one attached hydrogen (secondary N) is 1. The number of hydrogen-bond donors (Lipinski definition) is 1.